The maximum atomic E-state index is 13.5. The first-order chi connectivity index (χ1) is 8.60. The van der Waals surface area contributed by atoms with Crippen molar-refractivity contribution in [1.29, 1.82) is 0 Å². The van der Waals surface area contributed by atoms with E-state index < -0.39 is 23.2 Å². The molecule has 1 aromatic rings. The lowest BCUT2D eigenvalue weighted by Crippen LogP contribution is -2.08. The summed E-state index contributed by atoms with van der Waals surface area (Å²) in [6, 6.07) is 2.20. The van der Waals surface area contributed by atoms with Gasteiger partial charge in [-0.05, 0) is 37.7 Å². The van der Waals surface area contributed by atoms with Gasteiger partial charge in [-0.2, -0.15) is 0 Å². The number of methoxy groups -OCH3 is 1. The van der Waals surface area contributed by atoms with Gasteiger partial charge in [-0.15, -0.1) is 0 Å². The number of ether oxygens (including phenoxy) is 1. The van der Waals surface area contributed by atoms with Gasteiger partial charge in [0, 0.05) is 0 Å². The van der Waals surface area contributed by atoms with Crippen LogP contribution in [0.2, 0.25) is 0 Å². The molecule has 18 heavy (non-hydrogen) atoms. The zero-order valence-corrected chi connectivity index (χ0v) is 10.3. The van der Waals surface area contributed by atoms with Crippen molar-refractivity contribution in [2.45, 2.75) is 6.42 Å². The number of esters is 1. The van der Waals surface area contributed by atoms with Gasteiger partial charge in [0.15, 0.2) is 0 Å². The molecule has 0 heterocycles. The first kappa shape index (κ1) is 14.3. The highest BCUT2D eigenvalue weighted by Gasteiger charge is 2.18. The highest BCUT2D eigenvalue weighted by molar-refractivity contribution is 5.90. The summed E-state index contributed by atoms with van der Waals surface area (Å²) in [5.41, 5.74) is -0.293. The van der Waals surface area contributed by atoms with Crippen molar-refractivity contribution in [2.24, 2.45) is 0 Å². The molecule has 0 amide bonds. The van der Waals surface area contributed by atoms with Crippen LogP contribution in [0, 0.1) is 11.6 Å². The summed E-state index contributed by atoms with van der Waals surface area (Å²) in [7, 11) is 2.89. The highest BCUT2D eigenvalue weighted by atomic mass is 19.1. The van der Waals surface area contributed by atoms with Crippen LogP contribution in [-0.2, 0) is 4.74 Å². The van der Waals surface area contributed by atoms with Crippen molar-refractivity contribution in [2.75, 3.05) is 20.7 Å². The van der Waals surface area contributed by atoms with Crippen LogP contribution in [0.1, 0.15) is 22.3 Å². The molecule has 98 valence electrons. The Morgan fingerprint density at radius 1 is 1.39 bits per heavy atom. The van der Waals surface area contributed by atoms with Crippen LogP contribution < -0.4 is 5.32 Å². The van der Waals surface area contributed by atoms with Crippen LogP contribution >= 0.6 is 0 Å². The average molecular weight is 255 g/mol. The van der Waals surface area contributed by atoms with Crippen LogP contribution in [0.15, 0.2) is 18.2 Å². The minimum Gasteiger partial charge on any atom is -0.465 e. The van der Waals surface area contributed by atoms with Gasteiger partial charge in [-0.3, -0.25) is 0 Å². The predicted molar refractivity (Wildman–Crippen MR) is 65.3 cm³/mol. The minimum absolute atomic E-state index is 0.369. The first-order valence-electron chi connectivity index (χ1n) is 5.48. The second kappa shape index (κ2) is 6.86. The van der Waals surface area contributed by atoms with Crippen molar-refractivity contribution in [3.8, 4) is 0 Å². The van der Waals surface area contributed by atoms with Crippen LogP contribution in [0.4, 0.5) is 8.78 Å². The van der Waals surface area contributed by atoms with E-state index in [0.29, 0.717) is 5.56 Å². The average Bonchev–Trinajstić information content (AvgIpc) is 2.33. The summed E-state index contributed by atoms with van der Waals surface area (Å²) in [6.45, 7) is 0.779. The van der Waals surface area contributed by atoms with E-state index in [0.717, 1.165) is 32.2 Å². The molecule has 0 aromatic heterocycles. The molecule has 0 saturated carbocycles. The number of carbonyl (C=O) groups excluding carboxylic acids is 1. The fraction of sp³-hybridized carbons (Fsp3) is 0.308. The molecule has 0 bridgehead atoms. The van der Waals surface area contributed by atoms with Gasteiger partial charge in [0.2, 0.25) is 0 Å². The van der Waals surface area contributed by atoms with Crippen molar-refractivity contribution in [3.05, 3.63) is 41.0 Å². The number of carbonyl (C=O) groups is 1. The maximum Gasteiger partial charge on any atom is 0.343 e. The van der Waals surface area contributed by atoms with Crippen molar-refractivity contribution < 1.29 is 18.3 Å². The van der Waals surface area contributed by atoms with Crippen LogP contribution in [0.5, 0.6) is 0 Å². The van der Waals surface area contributed by atoms with E-state index in [4.69, 9.17) is 0 Å². The van der Waals surface area contributed by atoms with Gasteiger partial charge >= 0.3 is 5.97 Å². The summed E-state index contributed by atoms with van der Waals surface area (Å²) < 4.78 is 31.4. The van der Waals surface area contributed by atoms with Crippen LogP contribution in [0.3, 0.4) is 0 Å². The van der Waals surface area contributed by atoms with E-state index in [1.165, 1.54) is 0 Å². The van der Waals surface area contributed by atoms with E-state index in [2.05, 4.69) is 10.1 Å². The molecule has 0 aliphatic rings. The third-order valence-electron chi connectivity index (χ3n) is 2.33. The Kier molecular flexibility index (Phi) is 5.45. The van der Waals surface area contributed by atoms with Gasteiger partial charge in [-0.25, -0.2) is 13.6 Å². The van der Waals surface area contributed by atoms with E-state index >= 15 is 0 Å². The smallest absolute Gasteiger partial charge is 0.343 e. The second-order valence-corrected chi connectivity index (χ2v) is 3.65. The summed E-state index contributed by atoms with van der Waals surface area (Å²) >= 11 is 0. The Morgan fingerprint density at radius 3 is 2.50 bits per heavy atom. The Morgan fingerprint density at radius 2 is 2.00 bits per heavy atom. The largest absolute Gasteiger partial charge is 0.465 e. The van der Waals surface area contributed by atoms with E-state index in [1.54, 1.807) is 12.2 Å². The first-order valence-corrected chi connectivity index (χ1v) is 5.48. The molecule has 0 aliphatic heterocycles. The topological polar surface area (TPSA) is 38.3 Å². The molecule has 1 rings (SSSR count). The molecule has 0 aliphatic carbocycles. The zero-order chi connectivity index (χ0) is 13.5. The predicted octanol–water partition coefficient (Wildman–Crippen LogP) is 2.37. The fourth-order valence-corrected chi connectivity index (χ4v) is 1.43. The Labute approximate surface area is 104 Å². The maximum absolute atomic E-state index is 13.5. The van der Waals surface area contributed by atoms with Crippen molar-refractivity contribution in [3.63, 3.8) is 0 Å². The third kappa shape index (κ3) is 3.63. The van der Waals surface area contributed by atoms with Gasteiger partial charge < -0.3 is 10.1 Å². The normalized spacial score (nSPS) is 10.9. The lowest BCUT2D eigenvalue weighted by atomic mass is 10.1. The molecule has 0 atom stereocenters. The summed E-state index contributed by atoms with van der Waals surface area (Å²) in [6.07, 6.45) is 4.14. The summed E-state index contributed by atoms with van der Waals surface area (Å²) in [5, 5.41) is 2.95. The molecule has 1 aromatic carbocycles. The fourth-order valence-electron chi connectivity index (χ4n) is 1.43. The molecular weight excluding hydrogens is 240 g/mol. The third-order valence-corrected chi connectivity index (χ3v) is 2.33. The van der Waals surface area contributed by atoms with Gasteiger partial charge in [0.25, 0.3) is 0 Å². The van der Waals surface area contributed by atoms with Crippen LogP contribution in [0.25, 0.3) is 6.08 Å². The molecule has 0 unspecified atom stereocenters. The van der Waals surface area contributed by atoms with E-state index in [9.17, 15) is 13.6 Å². The lowest BCUT2D eigenvalue weighted by Gasteiger charge is -2.04. The van der Waals surface area contributed by atoms with Crippen molar-refractivity contribution in [1.82, 2.24) is 5.32 Å². The monoisotopic (exact) mass is 255 g/mol. The van der Waals surface area contributed by atoms with Gasteiger partial charge in [0.1, 0.15) is 17.2 Å². The van der Waals surface area contributed by atoms with E-state index in [-0.39, 0.29) is 0 Å². The molecule has 5 heteroatoms. The number of hydrogen-bond donors (Lipinski definition) is 1. The Bertz CT molecular complexity index is 435. The molecule has 0 radical (unpaired) electrons. The molecule has 0 fully saturated rings. The number of hydrogen-bond acceptors (Lipinski definition) is 3. The summed E-state index contributed by atoms with van der Waals surface area (Å²) in [5.74, 6) is -2.86. The number of halogens is 2. The van der Waals surface area contributed by atoms with Crippen LogP contribution in [-0.4, -0.2) is 26.7 Å². The minimum atomic E-state index is -1.02. The number of benzene rings is 1. The second-order valence-electron chi connectivity index (χ2n) is 3.65. The highest BCUT2D eigenvalue weighted by Crippen LogP contribution is 2.17. The quantitative estimate of drug-likeness (QED) is 0.648. The standard InChI is InChI=1S/C13H15F2NO2/c1-16-6-4-3-5-9-7-10(14)12(11(15)8-9)13(17)18-2/h3,5,7-8,16H,4,6H2,1-2H3. The number of nitrogens with one attached hydrogen (secondary N) is 1. The van der Waals surface area contributed by atoms with Gasteiger partial charge in [0.05, 0.1) is 7.11 Å². The van der Waals surface area contributed by atoms with Crippen molar-refractivity contribution >= 4 is 12.0 Å². The molecule has 3 nitrogen and oxygen atoms in total. The SMILES string of the molecule is CNCCC=Cc1cc(F)c(C(=O)OC)c(F)c1. The van der Waals surface area contributed by atoms with Gasteiger partial charge in [-0.1, -0.05) is 12.2 Å². The Hall–Kier alpha value is -1.75. The summed E-state index contributed by atoms with van der Waals surface area (Å²) in [4.78, 5) is 11.1. The molecule has 0 saturated heterocycles. The molecule has 0 spiro atoms. The Balaban J connectivity index is 2.92. The molecule has 1 N–H and O–H groups in total. The zero-order valence-electron chi connectivity index (χ0n) is 10.3. The molecular formula is C13H15F2NO2. The lowest BCUT2D eigenvalue weighted by molar-refractivity contribution is 0.0590. The number of rotatable bonds is 5. The van der Waals surface area contributed by atoms with E-state index in [1.807, 2.05) is 7.05 Å².